The van der Waals surface area contributed by atoms with Crippen LogP contribution in [0.15, 0.2) is 42.5 Å². The molecule has 0 fully saturated rings. The lowest BCUT2D eigenvalue weighted by molar-refractivity contribution is -0.384. The Morgan fingerprint density at radius 1 is 0.900 bits per heavy atom. The summed E-state index contributed by atoms with van der Waals surface area (Å²) in [6.45, 7) is 21.8. The van der Waals surface area contributed by atoms with E-state index < -0.39 is 27.5 Å². The summed E-state index contributed by atoms with van der Waals surface area (Å²) >= 11 is 0. The number of anilines is 1. The van der Waals surface area contributed by atoms with Crippen LogP contribution in [-0.2, 0) is 16.0 Å². The van der Waals surface area contributed by atoms with Gasteiger partial charge in [0.1, 0.15) is 11.5 Å². The van der Waals surface area contributed by atoms with E-state index in [0.29, 0.717) is 29.2 Å². The minimum absolute atomic E-state index is 0.00391. The first kappa shape index (κ1) is 31.3. The van der Waals surface area contributed by atoms with Gasteiger partial charge in [0, 0.05) is 24.6 Å². The average molecular weight is 583 g/mol. The molecule has 2 aromatic rings. The Kier molecular flexibility index (Phi) is 8.58. The van der Waals surface area contributed by atoms with Crippen LogP contribution in [0, 0.1) is 10.1 Å². The number of nitro groups is 1. The van der Waals surface area contributed by atoms with Crippen molar-refractivity contribution in [1.82, 2.24) is 0 Å². The fraction of sp³-hybridized carbons (Fsp3) is 0.467. The number of non-ortho nitro benzene ring substituents is 1. The van der Waals surface area contributed by atoms with E-state index in [1.54, 1.807) is 6.08 Å². The largest absolute Gasteiger partial charge is 0.541 e. The first-order valence-corrected chi connectivity index (χ1v) is 19.4. The SMILES string of the molecule is CC(C)(C)[Si](C)(C)Oc1ccc(C=CC(=O)N2C(=O)CCc3cc([N+](=O)[O-])ccc32)cc1O[Si](C)(C)C(C)(C)C. The second kappa shape index (κ2) is 11.0. The number of fused-ring (bicyclic) bond motifs is 1. The molecule has 216 valence electrons. The van der Waals surface area contributed by atoms with Gasteiger partial charge in [-0.3, -0.25) is 19.7 Å². The summed E-state index contributed by atoms with van der Waals surface area (Å²) < 4.78 is 13.4. The van der Waals surface area contributed by atoms with Crippen molar-refractivity contribution in [3.8, 4) is 11.5 Å². The van der Waals surface area contributed by atoms with E-state index in [1.165, 1.54) is 24.3 Å². The zero-order valence-electron chi connectivity index (χ0n) is 25.4. The predicted molar refractivity (Wildman–Crippen MR) is 165 cm³/mol. The third-order valence-electron chi connectivity index (χ3n) is 8.32. The quantitative estimate of drug-likeness (QED) is 0.142. The molecule has 3 rings (SSSR count). The summed E-state index contributed by atoms with van der Waals surface area (Å²) in [4.78, 5) is 37.7. The zero-order chi connectivity index (χ0) is 30.3. The second-order valence-electron chi connectivity index (χ2n) is 13.4. The molecule has 2 amide bonds. The van der Waals surface area contributed by atoms with Gasteiger partial charge in [0.25, 0.3) is 28.2 Å². The minimum atomic E-state index is -2.21. The molecule has 1 aliphatic heterocycles. The molecule has 0 unspecified atom stereocenters. The Morgan fingerprint density at radius 3 is 2.02 bits per heavy atom. The Morgan fingerprint density at radius 2 is 1.48 bits per heavy atom. The highest BCUT2D eigenvalue weighted by Gasteiger charge is 2.42. The van der Waals surface area contributed by atoms with Crippen LogP contribution >= 0.6 is 0 Å². The van der Waals surface area contributed by atoms with Crippen molar-refractivity contribution < 1.29 is 23.4 Å². The van der Waals surface area contributed by atoms with Gasteiger partial charge in [-0.15, -0.1) is 0 Å². The minimum Gasteiger partial charge on any atom is -0.541 e. The van der Waals surface area contributed by atoms with Crippen LogP contribution in [0.25, 0.3) is 6.08 Å². The highest BCUT2D eigenvalue weighted by molar-refractivity contribution is 6.75. The van der Waals surface area contributed by atoms with E-state index in [-0.39, 0.29) is 28.1 Å². The molecule has 0 bridgehead atoms. The normalized spacial score (nSPS) is 14.8. The smallest absolute Gasteiger partial charge is 0.269 e. The van der Waals surface area contributed by atoms with Crippen molar-refractivity contribution in [3.63, 3.8) is 0 Å². The number of aryl methyl sites for hydroxylation is 1. The van der Waals surface area contributed by atoms with Gasteiger partial charge in [-0.1, -0.05) is 47.6 Å². The fourth-order valence-corrected chi connectivity index (χ4v) is 5.76. The molecule has 0 aromatic heterocycles. The monoisotopic (exact) mass is 582 g/mol. The topological polar surface area (TPSA) is 99.0 Å². The molecule has 0 radical (unpaired) electrons. The van der Waals surface area contributed by atoms with Gasteiger partial charge in [0.15, 0.2) is 0 Å². The number of rotatable bonds is 7. The molecular formula is C30H42N2O6Si2. The van der Waals surface area contributed by atoms with Crippen LogP contribution < -0.4 is 13.8 Å². The molecule has 1 aliphatic rings. The molecule has 0 atom stereocenters. The molecule has 40 heavy (non-hydrogen) atoms. The lowest BCUT2D eigenvalue weighted by atomic mass is 10.00. The molecule has 0 saturated carbocycles. The van der Waals surface area contributed by atoms with Gasteiger partial charge < -0.3 is 8.85 Å². The highest BCUT2D eigenvalue weighted by Crippen LogP contribution is 2.44. The van der Waals surface area contributed by atoms with E-state index in [0.717, 1.165) is 10.5 Å². The van der Waals surface area contributed by atoms with Gasteiger partial charge in [-0.05, 0) is 78.1 Å². The van der Waals surface area contributed by atoms with Crippen molar-refractivity contribution >= 4 is 45.9 Å². The number of carbonyl (C=O) groups is 2. The summed E-state index contributed by atoms with van der Waals surface area (Å²) in [6.07, 6.45) is 3.48. The Labute approximate surface area is 239 Å². The molecule has 8 nitrogen and oxygen atoms in total. The van der Waals surface area contributed by atoms with Crippen molar-refractivity contribution in [2.24, 2.45) is 0 Å². The second-order valence-corrected chi connectivity index (χ2v) is 22.9. The standard InChI is InChI=1S/C30H42N2O6Si2/c1-29(2,3)39(7,8)37-25-16-11-21(19-26(25)38-40(9,10)30(4,5)6)12-17-27(33)31-24-15-14-23(32(35)36)20-22(24)13-18-28(31)34/h11-12,14-17,19-20H,13,18H2,1-10H3. The van der Waals surface area contributed by atoms with Gasteiger partial charge >= 0.3 is 0 Å². The Hall–Kier alpha value is -3.25. The number of hydrogen-bond donors (Lipinski definition) is 0. The van der Waals surface area contributed by atoms with Crippen LogP contribution in [0.2, 0.25) is 36.3 Å². The van der Waals surface area contributed by atoms with Crippen molar-refractivity contribution in [1.29, 1.82) is 0 Å². The van der Waals surface area contributed by atoms with Crippen LogP contribution in [0.4, 0.5) is 11.4 Å². The van der Waals surface area contributed by atoms with Gasteiger partial charge in [-0.25, -0.2) is 4.90 Å². The average Bonchev–Trinajstić information content (AvgIpc) is 2.81. The summed E-state index contributed by atoms with van der Waals surface area (Å²) in [5, 5.41) is 11.2. The Bertz CT molecular complexity index is 1350. The van der Waals surface area contributed by atoms with Crippen molar-refractivity contribution in [2.75, 3.05) is 4.90 Å². The summed E-state index contributed by atoms with van der Waals surface area (Å²) in [5.74, 6) is 0.503. The molecule has 2 aromatic carbocycles. The highest BCUT2D eigenvalue weighted by atomic mass is 28.4. The molecule has 0 N–H and O–H groups in total. The summed E-state index contributed by atoms with van der Waals surface area (Å²) in [5.41, 5.74) is 1.66. The lowest BCUT2D eigenvalue weighted by Gasteiger charge is -2.39. The number of nitro benzene ring substituents is 1. The lowest BCUT2D eigenvalue weighted by Crippen LogP contribution is -2.45. The molecule has 0 saturated heterocycles. The van der Waals surface area contributed by atoms with Gasteiger partial charge in [-0.2, -0.15) is 0 Å². The zero-order valence-corrected chi connectivity index (χ0v) is 27.4. The van der Waals surface area contributed by atoms with Gasteiger partial charge in [0.05, 0.1) is 10.6 Å². The molecular weight excluding hydrogens is 541 g/mol. The molecule has 0 aliphatic carbocycles. The fourth-order valence-electron chi connectivity index (χ4n) is 3.72. The maximum absolute atomic E-state index is 13.2. The van der Waals surface area contributed by atoms with E-state index in [4.69, 9.17) is 8.85 Å². The van der Waals surface area contributed by atoms with Gasteiger partial charge in [0.2, 0.25) is 5.91 Å². The third-order valence-corrected chi connectivity index (χ3v) is 17.0. The number of benzene rings is 2. The van der Waals surface area contributed by atoms with E-state index in [2.05, 4.69) is 67.7 Å². The summed E-state index contributed by atoms with van der Waals surface area (Å²) in [7, 11) is -4.36. The number of imide groups is 1. The number of carbonyl (C=O) groups excluding carboxylic acids is 2. The maximum atomic E-state index is 13.2. The maximum Gasteiger partial charge on any atom is 0.269 e. The predicted octanol–water partition coefficient (Wildman–Crippen LogP) is 7.88. The number of amides is 2. The van der Waals surface area contributed by atoms with E-state index in [1.807, 2.05) is 18.2 Å². The van der Waals surface area contributed by atoms with Crippen molar-refractivity contribution in [3.05, 3.63) is 63.7 Å². The third kappa shape index (κ3) is 6.72. The number of hydrogen-bond acceptors (Lipinski definition) is 6. The first-order chi connectivity index (χ1) is 18.2. The van der Waals surface area contributed by atoms with Crippen LogP contribution in [-0.4, -0.2) is 33.4 Å². The van der Waals surface area contributed by atoms with E-state index >= 15 is 0 Å². The molecule has 10 heteroatoms. The number of nitrogens with zero attached hydrogens (tertiary/aromatic N) is 2. The van der Waals surface area contributed by atoms with Crippen LogP contribution in [0.5, 0.6) is 11.5 Å². The molecule has 0 spiro atoms. The Balaban J connectivity index is 1.96. The van der Waals surface area contributed by atoms with E-state index in [9.17, 15) is 19.7 Å². The van der Waals surface area contributed by atoms with Crippen molar-refractivity contribution in [2.45, 2.75) is 90.6 Å². The van der Waals surface area contributed by atoms with Crippen LogP contribution in [0.1, 0.15) is 59.1 Å². The van der Waals surface area contributed by atoms with Crippen LogP contribution in [0.3, 0.4) is 0 Å². The molecule has 1 heterocycles. The summed E-state index contributed by atoms with van der Waals surface area (Å²) in [6, 6.07) is 9.87. The first-order valence-electron chi connectivity index (χ1n) is 13.6.